The van der Waals surface area contributed by atoms with Crippen LogP contribution in [0.2, 0.25) is 0 Å². The fraction of sp³-hybridized carbons (Fsp3) is 0.0625. The fourth-order valence-electron chi connectivity index (χ4n) is 2.11. The van der Waals surface area contributed by atoms with Crippen molar-refractivity contribution in [3.8, 4) is 22.4 Å². The molecule has 0 spiro atoms. The van der Waals surface area contributed by atoms with Gasteiger partial charge in [-0.15, -0.1) is 0 Å². The van der Waals surface area contributed by atoms with E-state index >= 15 is 0 Å². The van der Waals surface area contributed by atoms with Gasteiger partial charge < -0.3 is 10.3 Å². The number of aryl methyl sites for hydroxylation is 1. The summed E-state index contributed by atoms with van der Waals surface area (Å²) in [6.45, 7) is 2.05. The van der Waals surface area contributed by atoms with E-state index in [9.17, 15) is 0 Å². The Morgan fingerprint density at radius 2 is 1.55 bits per heavy atom. The van der Waals surface area contributed by atoms with Crippen LogP contribution in [0.1, 0.15) is 5.56 Å². The van der Waals surface area contributed by atoms with Crippen molar-refractivity contribution < 1.29 is 4.52 Å². The smallest absolute Gasteiger partial charge is 0.230 e. The van der Waals surface area contributed by atoms with Crippen LogP contribution < -0.4 is 5.73 Å². The fourth-order valence-corrected chi connectivity index (χ4v) is 2.37. The molecule has 0 fully saturated rings. The molecule has 0 aliphatic heterocycles. The first-order valence-corrected chi connectivity index (χ1v) is 7.02. The summed E-state index contributed by atoms with van der Waals surface area (Å²) >= 11 is 3.43. The molecule has 0 aliphatic carbocycles. The maximum absolute atomic E-state index is 5.94. The molecule has 0 amide bonds. The Hall–Kier alpha value is -2.07. The van der Waals surface area contributed by atoms with Crippen LogP contribution in [0.3, 0.4) is 0 Å². The number of aromatic nitrogens is 1. The topological polar surface area (TPSA) is 52.0 Å². The second-order valence-corrected chi connectivity index (χ2v) is 5.56. The third-order valence-electron chi connectivity index (χ3n) is 3.18. The van der Waals surface area contributed by atoms with Gasteiger partial charge in [-0.05, 0) is 24.6 Å². The highest BCUT2D eigenvalue weighted by atomic mass is 79.9. The van der Waals surface area contributed by atoms with E-state index in [1.165, 1.54) is 5.56 Å². The standard InChI is InChI=1S/C16H13BrN2O/c1-10-2-4-11(5-3-10)14-15(19-20-16(14)18)12-6-8-13(17)9-7-12/h2-9H,18H2,1H3. The van der Waals surface area contributed by atoms with Gasteiger partial charge >= 0.3 is 0 Å². The maximum atomic E-state index is 5.94. The van der Waals surface area contributed by atoms with Crippen molar-refractivity contribution in [3.05, 3.63) is 58.6 Å². The van der Waals surface area contributed by atoms with Crippen LogP contribution >= 0.6 is 15.9 Å². The Bertz CT molecular complexity index is 730. The lowest BCUT2D eigenvalue weighted by Crippen LogP contribution is -1.88. The van der Waals surface area contributed by atoms with Crippen LogP contribution in [0, 0.1) is 6.92 Å². The molecule has 0 bridgehead atoms. The maximum Gasteiger partial charge on any atom is 0.230 e. The summed E-state index contributed by atoms with van der Waals surface area (Å²) in [6, 6.07) is 16.1. The molecule has 0 saturated carbocycles. The van der Waals surface area contributed by atoms with Gasteiger partial charge in [-0.3, -0.25) is 0 Å². The number of benzene rings is 2. The number of nitrogens with zero attached hydrogens (tertiary/aromatic N) is 1. The molecular weight excluding hydrogens is 316 g/mol. The third kappa shape index (κ3) is 2.34. The zero-order valence-corrected chi connectivity index (χ0v) is 12.5. The first kappa shape index (κ1) is 12.9. The molecule has 1 heterocycles. The monoisotopic (exact) mass is 328 g/mol. The number of rotatable bonds is 2. The summed E-state index contributed by atoms with van der Waals surface area (Å²) in [5.41, 5.74) is 10.7. The van der Waals surface area contributed by atoms with Crippen molar-refractivity contribution in [2.24, 2.45) is 0 Å². The van der Waals surface area contributed by atoms with E-state index in [4.69, 9.17) is 10.3 Å². The first-order chi connectivity index (χ1) is 9.65. The average Bonchev–Trinajstić information content (AvgIpc) is 2.83. The van der Waals surface area contributed by atoms with E-state index in [0.29, 0.717) is 5.88 Å². The van der Waals surface area contributed by atoms with E-state index in [2.05, 4.69) is 28.0 Å². The molecule has 20 heavy (non-hydrogen) atoms. The van der Waals surface area contributed by atoms with Crippen molar-refractivity contribution in [2.45, 2.75) is 6.92 Å². The van der Waals surface area contributed by atoms with Gasteiger partial charge in [-0.2, -0.15) is 0 Å². The summed E-state index contributed by atoms with van der Waals surface area (Å²) in [5.74, 6) is 0.340. The lowest BCUT2D eigenvalue weighted by molar-refractivity contribution is 0.439. The number of nitrogens with two attached hydrogens (primary N) is 1. The predicted octanol–water partition coefficient (Wildman–Crippen LogP) is 4.66. The van der Waals surface area contributed by atoms with Crippen LogP contribution in [-0.4, -0.2) is 5.16 Å². The van der Waals surface area contributed by atoms with E-state index in [-0.39, 0.29) is 0 Å². The summed E-state index contributed by atoms with van der Waals surface area (Å²) < 4.78 is 6.20. The Morgan fingerprint density at radius 3 is 2.20 bits per heavy atom. The molecule has 0 aliphatic rings. The molecule has 3 rings (SSSR count). The minimum absolute atomic E-state index is 0.340. The van der Waals surface area contributed by atoms with Crippen molar-refractivity contribution in [1.82, 2.24) is 5.16 Å². The van der Waals surface area contributed by atoms with Crippen molar-refractivity contribution in [2.75, 3.05) is 5.73 Å². The molecular formula is C16H13BrN2O. The van der Waals surface area contributed by atoms with Crippen molar-refractivity contribution >= 4 is 21.8 Å². The number of hydrogen-bond acceptors (Lipinski definition) is 3. The van der Waals surface area contributed by atoms with Gasteiger partial charge in [0.25, 0.3) is 0 Å². The zero-order chi connectivity index (χ0) is 14.1. The second kappa shape index (κ2) is 5.13. The van der Waals surface area contributed by atoms with E-state index in [1.54, 1.807) is 0 Å². The van der Waals surface area contributed by atoms with E-state index < -0.39 is 0 Å². The highest BCUT2D eigenvalue weighted by Crippen LogP contribution is 2.36. The van der Waals surface area contributed by atoms with Crippen LogP contribution in [0.15, 0.2) is 57.5 Å². The van der Waals surface area contributed by atoms with Gasteiger partial charge in [0.2, 0.25) is 5.88 Å². The van der Waals surface area contributed by atoms with Crippen LogP contribution in [0.4, 0.5) is 5.88 Å². The molecule has 1 aromatic heterocycles. The van der Waals surface area contributed by atoms with Crippen molar-refractivity contribution in [1.29, 1.82) is 0 Å². The zero-order valence-electron chi connectivity index (χ0n) is 10.9. The van der Waals surface area contributed by atoms with Crippen LogP contribution in [0.5, 0.6) is 0 Å². The van der Waals surface area contributed by atoms with Crippen LogP contribution in [-0.2, 0) is 0 Å². The normalized spacial score (nSPS) is 10.7. The molecule has 3 aromatic rings. The number of hydrogen-bond donors (Lipinski definition) is 1. The summed E-state index contributed by atoms with van der Waals surface area (Å²) in [4.78, 5) is 0. The molecule has 100 valence electrons. The quantitative estimate of drug-likeness (QED) is 0.744. The Morgan fingerprint density at radius 1 is 0.950 bits per heavy atom. The highest BCUT2D eigenvalue weighted by Gasteiger charge is 2.17. The average molecular weight is 329 g/mol. The molecule has 4 heteroatoms. The Kier molecular flexibility index (Phi) is 3.32. The summed E-state index contributed by atoms with van der Waals surface area (Å²) in [6.07, 6.45) is 0. The molecule has 3 nitrogen and oxygen atoms in total. The lowest BCUT2D eigenvalue weighted by Gasteiger charge is -2.03. The van der Waals surface area contributed by atoms with Gasteiger partial charge in [-0.1, -0.05) is 63.0 Å². The second-order valence-electron chi connectivity index (χ2n) is 4.64. The predicted molar refractivity (Wildman–Crippen MR) is 84.2 cm³/mol. The SMILES string of the molecule is Cc1ccc(-c2c(-c3ccc(Br)cc3)noc2N)cc1. The molecule has 0 unspecified atom stereocenters. The molecule has 2 N–H and O–H groups in total. The number of nitrogen functional groups attached to an aromatic ring is 1. The molecule has 0 radical (unpaired) electrons. The minimum atomic E-state index is 0.340. The van der Waals surface area contributed by atoms with Crippen LogP contribution in [0.25, 0.3) is 22.4 Å². The van der Waals surface area contributed by atoms with Gasteiger partial charge in [0, 0.05) is 10.0 Å². The summed E-state index contributed by atoms with van der Waals surface area (Å²) in [5, 5.41) is 4.10. The Labute approximate surface area is 125 Å². The highest BCUT2D eigenvalue weighted by molar-refractivity contribution is 9.10. The number of halogens is 1. The largest absolute Gasteiger partial charge is 0.367 e. The van der Waals surface area contributed by atoms with E-state index in [0.717, 1.165) is 26.9 Å². The van der Waals surface area contributed by atoms with Gasteiger partial charge in [0.05, 0.1) is 5.56 Å². The van der Waals surface area contributed by atoms with Gasteiger partial charge in [0.15, 0.2) is 0 Å². The minimum Gasteiger partial charge on any atom is -0.367 e. The first-order valence-electron chi connectivity index (χ1n) is 6.23. The lowest BCUT2D eigenvalue weighted by atomic mass is 10.0. The molecule has 0 saturated heterocycles. The number of anilines is 1. The summed E-state index contributed by atoms with van der Waals surface area (Å²) in [7, 11) is 0. The van der Waals surface area contributed by atoms with E-state index in [1.807, 2.05) is 48.5 Å². The van der Waals surface area contributed by atoms with Crippen molar-refractivity contribution in [3.63, 3.8) is 0 Å². The third-order valence-corrected chi connectivity index (χ3v) is 3.71. The molecule has 0 atom stereocenters. The Balaban J connectivity index is 2.14. The molecule has 2 aromatic carbocycles. The van der Waals surface area contributed by atoms with Gasteiger partial charge in [0.1, 0.15) is 5.69 Å². The van der Waals surface area contributed by atoms with Gasteiger partial charge in [-0.25, -0.2) is 0 Å².